The van der Waals surface area contributed by atoms with Crippen LogP contribution in [0.4, 0.5) is 5.82 Å². The predicted octanol–water partition coefficient (Wildman–Crippen LogP) is 1.20. The molecule has 0 bridgehead atoms. The van der Waals surface area contributed by atoms with Crippen molar-refractivity contribution < 1.29 is 14.1 Å². The molecule has 2 aromatic heterocycles. The molecule has 20 heavy (non-hydrogen) atoms. The second kappa shape index (κ2) is 5.97. The van der Waals surface area contributed by atoms with Gasteiger partial charge >= 0.3 is 0 Å². The Hall–Kier alpha value is -2.00. The highest BCUT2D eigenvalue weighted by Gasteiger charge is 2.19. The summed E-state index contributed by atoms with van der Waals surface area (Å²) in [5.74, 6) is 0.0474. The minimum Gasteiger partial charge on any atom is -0.360 e. The Labute approximate surface area is 122 Å². The largest absolute Gasteiger partial charge is 0.360 e. The van der Waals surface area contributed by atoms with E-state index in [1.807, 2.05) is 0 Å². The summed E-state index contributed by atoms with van der Waals surface area (Å²) in [4.78, 5) is 24.8. The zero-order valence-corrected chi connectivity index (χ0v) is 12.2. The summed E-state index contributed by atoms with van der Waals surface area (Å²) in [5.41, 5.74) is 0. The van der Waals surface area contributed by atoms with E-state index in [4.69, 9.17) is 16.1 Å². The van der Waals surface area contributed by atoms with Crippen molar-refractivity contribution in [2.45, 2.75) is 6.92 Å². The summed E-state index contributed by atoms with van der Waals surface area (Å²) in [7, 11) is 1.48. The molecule has 1 N–H and O–H groups in total. The minimum atomic E-state index is -0.430. The van der Waals surface area contributed by atoms with Crippen LogP contribution in [0.25, 0.3) is 0 Å². The summed E-state index contributed by atoms with van der Waals surface area (Å²) in [6.45, 7) is 1.56. The standard InChI is InChI=1S/C10H10ClN5O3S/c1-5-3-6(15-19-5)12-7(17)4-16(2)9(18)8-13-14-10(11)20-8/h3H,4H2,1-2H3,(H,12,15,17). The van der Waals surface area contributed by atoms with Crippen molar-refractivity contribution in [2.24, 2.45) is 0 Å². The molecule has 0 aliphatic rings. The number of carbonyl (C=O) groups excluding carboxylic acids is 2. The van der Waals surface area contributed by atoms with Gasteiger partial charge in [-0.2, -0.15) is 0 Å². The monoisotopic (exact) mass is 315 g/mol. The molecule has 0 unspecified atom stereocenters. The van der Waals surface area contributed by atoms with E-state index in [0.717, 1.165) is 11.3 Å². The molecule has 0 fully saturated rings. The topological polar surface area (TPSA) is 101 Å². The third kappa shape index (κ3) is 3.52. The number of amides is 2. The van der Waals surface area contributed by atoms with Gasteiger partial charge in [-0.15, -0.1) is 10.2 Å². The highest BCUT2D eigenvalue weighted by atomic mass is 35.5. The zero-order valence-electron chi connectivity index (χ0n) is 10.6. The van der Waals surface area contributed by atoms with Crippen LogP contribution in [-0.4, -0.2) is 45.7 Å². The van der Waals surface area contributed by atoms with Crippen LogP contribution in [-0.2, 0) is 4.79 Å². The molecule has 0 aromatic carbocycles. The average molecular weight is 316 g/mol. The molecule has 0 saturated heterocycles. The van der Waals surface area contributed by atoms with Crippen LogP contribution in [0.3, 0.4) is 0 Å². The fourth-order valence-electron chi connectivity index (χ4n) is 1.35. The molecule has 8 nitrogen and oxygen atoms in total. The molecule has 0 spiro atoms. The smallest absolute Gasteiger partial charge is 0.285 e. The van der Waals surface area contributed by atoms with Gasteiger partial charge in [0.25, 0.3) is 5.91 Å². The molecule has 0 atom stereocenters. The van der Waals surface area contributed by atoms with Crippen molar-refractivity contribution in [1.29, 1.82) is 0 Å². The van der Waals surface area contributed by atoms with Crippen LogP contribution in [0, 0.1) is 6.92 Å². The third-order valence-electron chi connectivity index (χ3n) is 2.21. The van der Waals surface area contributed by atoms with E-state index in [-0.39, 0.29) is 16.0 Å². The summed E-state index contributed by atoms with van der Waals surface area (Å²) < 4.78 is 4.98. The van der Waals surface area contributed by atoms with Gasteiger partial charge in [0.15, 0.2) is 5.82 Å². The molecule has 0 saturated carbocycles. The van der Waals surface area contributed by atoms with Gasteiger partial charge in [0.2, 0.25) is 15.4 Å². The highest BCUT2D eigenvalue weighted by molar-refractivity contribution is 7.17. The number of nitrogens with one attached hydrogen (secondary N) is 1. The van der Waals surface area contributed by atoms with E-state index in [0.29, 0.717) is 11.6 Å². The Balaban J connectivity index is 1.92. The van der Waals surface area contributed by atoms with E-state index in [1.54, 1.807) is 13.0 Å². The molecule has 2 heterocycles. The van der Waals surface area contributed by atoms with Crippen LogP contribution >= 0.6 is 22.9 Å². The fourth-order valence-corrected chi connectivity index (χ4v) is 2.17. The van der Waals surface area contributed by atoms with Gasteiger partial charge in [0.1, 0.15) is 5.76 Å². The van der Waals surface area contributed by atoms with Crippen LogP contribution < -0.4 is 5.32 Å². The Morgan fingerprint density at radius 1 is 1.50 bits per heavy atom. The number of hydrogen-bond donors (Lipinski definition) is 1. The van der Waals surface area contributed by atoms with Crippen molar-refractivity contribution in [3.05, 3.63) is 21.3 Å². The third-order valence-corrected chi connectivity index (χ3v) is 3.21. The molecule has 0 aliphatic heterocycles. The number of aryl methyl sites for hydroxylation is 1. The van der Waals surface area contributed by atoms with Crippen LogP contribution in [0.15, 0.2) is 10.6 Å². The molecule has 106 valence electrons. The first kappa shape index (κ1) is 14.4. The Morgan fingerprint density at radius 2 is 2.25 bits per heavy atom. The van der Waals surface area contributed by atoms with E-state index in [9.17, 15) is 9.59 Å². The molecular weight excluding hydrogens is 306 g/mol. The van der Waals surface area contributed by atoms with E-state index >= 15 is 0 Å². The summed E-state index contributed by atoms with van der Waals surface area (Å²) in [6.07, 6.45) is 0. The number of carbonyl (C=O) groups is 2. The van der Waals surface area contributed by atoms with Gasteiger partial charge in [-0.3, -0.25) is 9.59 Å². The first-order chi connectivity index (χ1) is 9.45. The Kier molecular flexibility index (Phi) is 4.30. The minimum absolute atomic E-state index is 0.127. The van der Waals surface area contributed by atoms with Crippen LogP contribution in [0.1, 0.15) is 15.6 Å². The maximum Gasteiger partial charge on any atom is 0.285 e. The van der Waals surface area contributed by atoms with Crippen LogP contribution in [0.2, 0.25) is 4.47 Å². The van der Waals surface area contributed by atoms with Crippen molar-refractivity contribution in [3.63, 3.8) is 0 Å². The molecule has 0 radical (unpaired) electrons. The Morgan fingerprint density at radius 3 is 2.80 bits per heavy atom. The van der Waals surface area contributed by atoms with Gasteiger partial charge in [0, 0.05) is 13.1 Å². The number of hydrogen-bond acceptors (Lipinski definition) is 7. The van der Waals surface area contributed by atoms with Gasteiger partial charge in [-0.1, -0.05) is 16.5 Å². The molecule has 2 rings (SSSR count). The fraction of sp³-hybridized carbons (Fsp3) is 0.300. The predicted molar refractivity (Wildman–Crippen MR) is 71.7 cm³/mol. The van der Waals surface area contributed by atoms with Gasteiger partial charge < -0.3 is 14.7 Å². The highest BCUT2D eigenvalue weighted by Crippen LogP contribution is 2.16. The molecule has 2 aromatic rings. The number of likely N-dealkylation sites (N-methyl/N-ethyl adjacent to an activating group) is 1. The first-order valence-corrected chi connectivity index (χ1v) is 6.63. The maximum atomic E-state index is 11.9. The van der Waals surface area contributed by atoms with Gasteiger partial charge in [-0.25, -0.2) is 0 Å². The first-order valence-electron chi connectivity index (χ1n) is 5.43. The lowest BCUT2D eigenvalue weighted by atomic mass is 10.4. The normalized spacial score (nSPS) is 10.3. The quantitative estimate of drug-likeness (QED) is 0.909. The SMILES string of the molecule is Cc1cc(NC(=O)CN(C)C(=O)c2nnc(Cl)s2)no1. The summed E-state index contributed by atoms with van der Waals surface area (Å²) >= 11 is 6.55. The van der Waals surface area contributed by atoms with Gasteiger partial charge in [-0.05, 0) is 18.5 Å². The van der Waals surface area contributed by atoms with E-state index in [2.05, 4.69) is 20.7 Å². The Bertz CT molecular complexity index is 640. The number of rotatable bonds is 4. The second-order valence-electron chi connectivity index (χ2n) is 3.89. The number of nitrogens with zero attached hydrogens (tertiary/aromatic N) is 4. The summed E-state index contributed by atoms with van der Waals surface area (Å²) in [5, 5.41) is 13.4. The second-order valence-corrected chi connectivity index (χ2v) is 5.45. The average Bonchev–Trinajstić information content (AvgIpc) is 2.97. The van der Waals surface area contributed by atoms with Crippen LogP contribution in [0.5, 0.6) is 0 Å². The molecule has 2 amide bonds. The molecule has 10 heteroatoms. The summed E-state index contributed by atoms with van der Waals surface area (Å²) in [6, 6.07) is 1.57. The van der Waals surface area contributed by atoms with Crippen molar-refractivity contribution >= 4 is 40.6 Å². The van der Waals surface area contributed by atoms with Crippen molar-refractivity contribution in [2.75, 3.05) is 18.9 Å². The number of halogens is 1. The molecular formula is C10H10ClN5O3S. The van der Waals surface area contributed by atoms with E-state index in [1.165, 1.54) is 11.9 Å². The maximum absolute atomic E-state index is 11.9. The van der Waals surface area contributed by atoms with Crippen molar-refractivity contribution in [1.82, 2.24) is 20.3 Å². The van der Waals surface area contributed by atoms with Crippen molar-refractivity contribution in [3.8, 4) is 0 Å². The number of aromatic nitrogens is 3. The molecule has 0 aliphatic carbocycles. The van der Waals surface area contributed by atoms with E-state index < -0.39 is 11.8 Å². The number of anilines is 1. The zero-order chi connectivity index (χ0) is 14.7. The lowest BCUT2D eigenvalue weighted by Crippen LogP contribution is -2.34. The van der Waals surface area contributed by atoms with Gasteiger partial charge in [0.05, 0.1) is 6.54 Å². The lowest BCUT2D eigenvalue weighted by molar-refractivity contribution is -0.116. The lowest BCUT2D eigenvalue weighted by Gasteiger charge is -2.14.